The van der Waals surface area contributed by atoms with E-state index in [1.54, 1.807) is 12.1 Å². The first kappa shape index (κ1) is 29.4. The lowest BCUT2D eigenvalue weighted by atomic mass is 9.81. The van der Waals surface area contributed by atoms with Gasteiger partial charge in [-0.3, -0.25) is 9.97 Å². The summed E-state index contributed by atoms with van der Waals surface area (Å²) in [5.41, 5.74) is 6.15. The molecule has 2 heterocycles. The molecule has 36 heavy (non-hydrogen) atoms. The Bertz CT molecular complexity index is 1150. The molecule has 4 nitrogen and oxygen atoms in total. The average Bonchev–Trinajstić information content (AvgIpc) is 2.85. The van der Waals surface area contributed by atoms with Crippen molar-refractivity contribution in [2.75, 3.05) is 0 Å². The smallest absolute Gasteiger partial charge is 0.423 e. The number of pyridine rings is 2. The number of halogens is 1. The highest BCUT2D eigenvalue weighted by Crippen LogP contribution is 2.26. The van der Waals surface area contributed by atoms with Crippen molar-refractivity contribution in [2.24, 2.45) is 0 Å². The molecule has 0 spiro atoms. The van der Waals surface area contributed by atoms with Gasteiger partial charge in [0.25, 0.3) is 0 Å². The van der Waals surface area contributed by atoms with Gasteiger partial charge in [-0.05, 0) is 74.9 Å². The lowest BCUT2D eigenvalue weighted by molar-refractivity contribution is 0.425. The quantitative estimate of drug-likeness (QED) is 0.279. The van der Waals surface area contributed by atoms with Crippen LogP contribution >= 0.6 is 15.9 Å². The van der Waals surface area contributed by atoms with Crippen LogP contribution < -0.4 is 5.46 Å². The minimum atomic E-state index is -1.38. The van der Waals surface area contributed by atoms with E-state index in [-0.39, 0.29) is 10.8 Å². The van der Waals surface area contributed by atoms with Crippen LogP contribution in [0, 0.1) is 0 Å². The van der Waals surface area contributed by atoms with Crippen LogP contribution in [0.15, 0.2) is 102 Å². The summed E-state index contributed by atoms with van der Waals surface area (Å²) in [6.07, 6.45) is 6.67. The highest BCUT2D eigenvalue weighted by Gasteiger charge is 2.13. The SMILES string of the molecule is CC(C)(C)c1ccc(-c2ccncc2)cc1.CC(C)(C)c1ccc(Br)cc1.OB(O)c1ccncc1. The van der Waals surface area contributed by atoms with Gasteiger partial charge in [0.2, 0.25) is 0 Å². The van der Waals surface area contributed by atoms with E-state index in [1.807, 2.05) is 24.5 Å². The van der Waals surface area contributed by atoms with E-state index < -0.39 is 7.12 Å². The third kappa shape index (κ3) is 10.1. The van der Waals surface area contributed by atoms with Gasteiger partial charge in [0.05, 0.1) is 0 Å². The number of aromatic nitrogens is 2. The first-order valence-corrected chi connectivity index (χ1v) is 12.7. The molecule has 0 bridgehead atoms. The Morgan fingerprint density at radius 1 is 0.556 bits per heavy atom. The molecule has 0 amide bonds. The highest BCUT2D eigenvalue weighted by atomic mass is 79.9. The molecule has 0 radical (unpaired) electrons. The topological polar surface area (TPSA) is 66.2 Å². The van der Waals surface area contributed by atoms with Crippen molar-refractivity contribution in [1.29, 1.82) is 0 Å². The second-order valence-corrected chi connectivity index (χ2v) is 11.4. The van der Waals surface area contributed by atoms with E-state index in [2.05, 4.69) is 116 Å². The summed E-state index contributed by atoms with van der Waals surface area (Å²) in [7, 11) is -1.38. The lowest BCUT2D eigenvalue weighted by Crippen LogP contribution is -2.29. The van der Waals surface area contributed by atoms with Crippen molar-refractivity contribution in [2.45, 2.75) is 52.4 Å². The van der Waals surface area contributed by atoms with Crippen molar-refractivity contribution >= 4 is 28.5 Å². The molecule has 0 aliphatic heterocycles. The fourth-order valence-corrected chi connectivity index (χ4v) is 3.46. The minimum Gasteiger partial charge on any atom is -0.423 e. The summed E-state index contributed by atoms with van der Waals surface area (Å²) in [6, 6.07) is 24.4. The number of hydrogen-bond donors (Lipinski definition) is 2. The average molecular weight is 547 g/mol. The van der Waals surface area contributed by atoms with Gasteiger partial charge in [-0.25, -0.2) is 0 Å². The zero-order valence-electron chi connectivity index (χ0n) is 22.0. The normalized spacial score (nSPS) is 10.9. The summed E-state index contributed by atoms with van der Waals surface area (Å²) in [5, 5.41) is 17.1. The van der Waals surface area contributed by atoms with Crippen LogP contribution in [0.25, 0.3) is 11.1 Å². The fourth-order valence-electron chi connectivity index (χ4n) is 3.19. The maximum atomic E-state index is 8.55. The van der Waals surface area contributed by atoms with Crippen LogP contribution in [-0.2, 0) is 10.8 Å². The third-order valence-corrected chi connectivity index (χ3v) is 6.01. The molecule has 0 atom stereocenters. The van der Waals surface area contributed by atoms with E-state index >= 15 is 0 Å². The lowest BCUT2D eigenvalue weighted by Gasteiger charge is -2.19. The van der Waals surface area contributed by atoms with Crippen LogP contribution in [0.5, 0.6) is 0 Å². The Morgan fingerprint density at radius 2 is 0.917 bits per heavy atom. The molecule has 0 unspecified atom stereocenters. The van der Waals surface area contributed by atoms with Crippen LogP contribution in [0.1, 0.15) is 52.7 Å². The highest BCUT2D eigenvalue weighted by molar-refractivity contribution is 9.10. The molecule has 0 saturated heterocycles. The molecule has 188 valence electrons. The van der Waals surface area contributed by atoms with Gasteiger partial charge in [0.15, 0.2) is 0 Å². The molecule has 2 N–H and O–H groups in total. The maximum absolute atomic E-state index is 8.55. The molecular formula is C30H36BBrN2O2. The number of nitrogens with zero attached hydrogens (tertiary/aromatic N) is 2. The van der Waals surface area contributed by atoms with E-state index in [9.17, 15) is 0 Å². The Kier molecular flexibility index (Phi) is 11.0. The fraction of sp³-hybridized carbons (Fsp3) is 0.267. The van der Waals surface area contributed by atoms with Crippen LogP contribution in [0.4, 0.5) is 0 Å². The molecule has 2 aromatic carbocycles. The zero-order chi connectivity index (χ0) is 26.8. The van der Waals surface area contributed by atoms with Gasteiger partial charge in [0.1, 0.15) is 0 Å². The largest absolute Gasteiger partial charge is 0.488 e. The number of rotatable bonds is 2. The third-order valence-electron chi connectivity index (χ3n) is 5.48. The van der Waals surface area contributed by atoms with Gasteiger partial charge in [0, 0.05) is 29.3 Å². The van der Waals surface area contributed by atoms with Gasteiger partial charge in [-0.15, -0.1) is 0 Å². The second-order valence-electron chi connectivity index (χ2n) is 10.5. The number of hydrogen-bond acceptors (Lipinski definition) is 4. The van der Waals surface area contributed by atoms with Gasteiger partial charge >= 0.3 is 7.12 Å². The molecular weight excluding hydrogens is 511 g/mol. The molecule has 0 aliphatic carbocycles. The molecule has 2 aromatic heterocycles. The molecule has 0 saturated carbocycles. The standard InChI is InChI=1S/C15H17N.C10H13Br.C5H6BNO2/c1-15(2,3)14-6-4-12(5-7-14)13-8-10-16-11-9-13;1-10(2,3)8-4-6-9(11)7-5-8;8-6(9)5-1-3-7-4-2-5/h4-11H,1-3H3;4-7H,1-3H3;1-4,8-9H. The number of benzene rings is 2. The predicted octanol–water partition coefficient (Wildman–Crippen LogP) is 6.55. The summed E-state index contributed by atoms with van der Waals surface area (Å²) in [5.74, 6) is 0. The van der Waals surface area contributed by atoms with E-state index in [4.69, 9.17) is 10.0 Å². The molecule has 4 rings (SSSR count). The van der Waals surface area contributed by atoms with Crippen molar-refractivity contribution < 1.29 is 10.0 Å². The Morgan fingerprint density at radius 3 is 1.28 bits per heavy atom. The maximum Gasteiger partial charge on any atom is 0.488 e. The van der Waals surface area contributed by atoms with E-state index in [1.165, 1.54) is 34.6 Å². The van der Waals surface area contributed by atoms with Crippen molar-refractivity contribution in [1.82, 2.24) is 9.97 Å². The summed E-state index contributed by atoms with van der Waals surface area (Å²) < 4.78 is 1.14. The van der Waals surface area contributed by atoms with Crippen molar-refractivity contribution in [3.63, 3.8) is 0 Å². The first-order chi connectivity index (χ1) is 16.9. The van der Waals surface area contributed by atoms with Crippen LogP contribution in [-0.4, -0.2) is 27.1 Å². The summed E-state index contributed by atoms with van der Waals surface area (Å²) in [4.78, 5) is 7.73. The summed E-state index contributed by atoms with van der Waals surface area (Å²) >= 11 is 3.41. The molecule has 0 aliphatic rings. The van der Waals surface area contributed by atoms with Gasteiger partial charge in [-0.1, -0.05) is 93.9 Å². The minimum absolute atomic E-state index is 0.219. The zero-order valence-corrected chi connectivity index (χ0v) is 23.6. The Hall–Kier alpha value is -2.80. The summed E-state index contributed by atoms with van der Waals surface area (Å²) in [6.45, 7) is 13.3. The molecule has 6 heteroatoms. The first-order valence-electron chi connectivity index (χ1n) is 11.9. The van der Waals surface area contributed by atoms with Gasteiger partial charge < -0.3 is 10.0 Å². The predicted molar refractivity (Wildman–Crippen MR) is 155 cm³/mol. The Balaban J connectivity index is 0.000000200. The van der Waals surface area contributed by atoms with Crippen molar-refractivity contribution in [3.05, 3.63) is 113 Å². The van der Waals surface area contributed by atoms with E-state index in [0.29, 0.717) is 5.46 Å². The van der Waals surface area contributed by atoms with E-state index in [0.717, 1.165) is 4.47 Å². The Labute approximate surface area is 224 Å². The van der Waals surface area contributed by atoms with Crippen LogP contribution in [0.3, 0.4) is 0 Å². The molecule has 0 fully saturated rings. The monoisotopic (exact) mass is 546 g/mol. The molecule has 4 aromatic rings. The van der Waals surface area contributed by atoms with Gasteiger partial charge in [-0.2, -0.15) is 0 Å². The van der Waals surface area contributed by atoms with Crippen LogP contribution in [0.2, 0.25) is 0 Å². The second kappa shape index (κ2) is 13.5. The van der Waals surface area contributed by atoms with Crippen molar-refractivity contribution in [3.8, 4) is 11.1 Å².